The van der Waals surface area contributed by atoms with E-state index in [2.05, 4.69) is 62.5 Å². The number of hydrogen-bond donors (Lipinski definition) is 1. The molecule has 0 bridgehead atoms. The Kier molecular flexibility index (Phi) is 3.64. The second kappa shape index (κ2) is 5.78. The first-order chi connectivity index (χ1) is 10.8. The largest absolute Gasteiger partial charge is 0.457 e. The van der Waals surface area contributed by atoms with Crippen LogP contribution < -0.4 is 10.2 Å². The number of rotatable bonds is 2. The van der Waals surface area contributed by atoms with Crippen LogP contribution in [0.3, 0.4) is 0 Å². The van der Waals surface area contributed by atoms with Gasteiger partial charge in [-0.2, -0.15) is 0 Å². The van der Waals surface area contributed by atoms with Gasteiger partial charge in [0, 0.05) is 29.5 Å². The van der Waals surface area contributed by atoms with Gasteiger partial charge >= 0.3 is 0 Å². The van der Waals surface area contributed by atoms with Gasteiger partial charge in [-0.05, 0) is 23.8 Å². The Balaban J connectivity index is 1.81. The highest BCUT2D eigenvalue weighted by molar-refractivity contribution is 9.10. The molecule has 2 aromatic carbocycles. The lowest BCUT2D eigenvalue weighted by molar-refractivity contribution is 0.526. The molecule has 0 saturated heterocycles. The zero-order chi connectivity index (χ0) is 14.9. The molecule has 0 amide bonds. The summed E-state index contributed by atoms with van der Waals surface area (Å²) in [6, 6.07) is 16.8. The van der Waals surface area contributed by atoms with Gasteiger partial charge in [0.05, 0.1) is 12.2 Å². The monoisotopic (exact) mass is 356 g/mol. The van der Waals surface area contributed by atoms with Crippen LogP contribution in [0.1, 0.15) is 11.3 Å². The molecule has 22 heavy (non-hydrogen) atoms. The lowest BCUT2D eigenvalue weighted by Crippen LogP contribution is -2.28. The second-order valence-corrected chi connectivity index (χ2v) is 6.51. The quantitative estimate of drug-likeness (QED) is 0.741. The van der Waals surface area contributed by atoms with Crippen molar-refractivity contribution in [2.75, 3.05) is 18.0 Å². The summed E-state index contributed by atoms with van der Waals surface area (Å²) < 4.78 is 7.15. The first kappa shape index (κ1) is 13.9. The molecular formula is C18H17BrN2O. The fraction of sp³-hybridized carbons (Fsp3) is 0.222. The lowest BCUT2D eigenvalue weighted by Gasteiger charge is -2.23. The van der Waals surface area contributed by atoms with Gasteiger partial charge in [0.1, 0.15) is 11.3 Å². The number of benzene rings is 2. The minimum absolute atomic E-state index is 0.785. The highest BCUT2D eigenvalue weighted by Gasteiger charge is 2.22. The standard InChI is InChI=1S/C18H17BrN2O/c19-14-6-7-16-15(10-14)18-17(22-16)11-20-8-9-21(18)12-13-4-2-1-3-5-13/h1-7,10,20H,8-9,11-12H2. The Morgan fingerprint density at radius 1 is 1.14 bits per heavy atom. The molecule has 1 aliphatic rings. The van der Waals surface area contributed by atoms with Crippen molar-refractivity contribution in [2.24, 2.45) is 0 Å². The number of nitrogens with one attached hydrogen (secondary N) is 1. The van der Waals surface area contributed by atoms with Gasteiger partial charge in [-0.25, -0.2) is 0 Å². The van der Waals surface area contributed by atoms with Gasteiger partial charge in [-0.3, -0.25) is 0 Å². The third kappa shape index (κ3) is 2.53. The van der Waals surface area contributed by atoms with Crippen molar-refractivity contribution >= 4 is 32.6 Å². The molecule has 2 heterocycles. The number of furan rings is 1. The molecule has 3 nitrogen and oxygen atoms in total. The molecule has 0 saturated carbocycles. The van der Waals surface area contributed by atoms with Crippen LogP contribution in [0.2, 0.25) is 0 Å². The van der Waals surface area contributed by atoms with Crippen molar-refractivity contribution in [3.63, 3.8) is 0 Å². The Hall–Kier alpha value is -1.78. The third-order valence-electron chi connectivity index (χ3n) is 4.07. The van der Waals surface area contributed by atoms with Gasteiger partial charge in [-0.15, -0.1) is 0 Å². The fourth-order valence-electron chi connectivity index (χ4n) is 3.06. The van der Waals surface area contributed by atoms with Crippen LogP contribution in [-0.2, 0) is 13.1 Å². The molecule has 3 aromatic rings. The predicted octanol–water partition coefficient (Wildman–Crippen LogP) is 4.31. The van der Waals surface area contributed by atoms with E-state index in [0.717, 1.165) is 42.0 Å². The summed E-state index contributed by atoms with van der Waals surface area (Å²) in [6.45, 7) is 3.62. The first-order valence-corrected chi connectivity index (χ1v) is 8.31. The van der Waals surface area contributed by atoms with E-state index in [1.54, 1.807) is 0 Å². The van der Waals surface area contributed by atoms with Crippen molar-refractivity contribution in [1.29, 1.82) is 0 Å². The number of halogens is 1. The van der Waals surface area contributed by atoms with Crippen LogP contribution in [-0.4, -0.2) is 13.1 Å². The summed E-state index contributed by atoms with van der Waals surface area (Å²) in [4.78, 5) is 2.42. The smallest absolute Gasteiger partial charge is 0.142 e. The molecule has 4 heteroatoms. The first-order valence-electron chi connectivity index (χ1n) is 7.52. The van der Waals surface area contributed by atoms with Crippen LogP contribution in [0.25, 0.3) is 11.0 Å². The van der Waals surface area contributed by atoms with Crippen LogP contribution >= 0.6 is 15.9 Å². The van der Waals surface area contributed by atoms with Crippen LogP contribution in [0.5, 0.6) is 0 Å². The van der Waals surface area contributed by atoms with E-state index >= 15 is 0 Å². The van der Waals surface area contributed by atoms with Crippen LogP contribution in [0.4, 0.5) is 5.69 Å². The molecular weight excluding hydrogens is 340 g/mol. The Labute approximate surface area is 138 Å². The lowest BCUT2D eigenvalue weighted by atomic mass is 10.1. The summed E-state index contributed by atoms with van der Waals surface area (Å²) in [6.07, 6.45) is 0. The maximum atomic E-state index is 6.07. The highest BCUT2D eigenvalue weighted by Crippen LogP contribution is 2.37. The highest BCUT2D eigenvalue weighted by atomic mass is 79.9. The minimum atomic E-state index is 0.785. The van der Waals surface area contributed by atoms with E-state index in [1.807, 2.05) is 12.1 Å². The van der Waals surface area contributed by atoms with Crippen molar-refractivity contribution < 1.29 is 4.42 Å². The third-order valence-corrected chi connectivity index (χ3v) is 4.56. The van der Waals surface area contributed by atoms with E-state index in [-0.39, 0.29) is 0 Å². The number of hydrogen-bond acceptors (Lipinski definition) is 3. The Morgan fingerprint density at radius 3 is 2.86 bits per heavy atom. The molecule has 4 rings (SSSR count). The van der Waals surface area contributed by atoms with E-state index in [0.29, 0.717) is 0 Å². The summed E-state index contributed by atoms with van der Waals surface area (Å²) >= 11 is 3.58. The molecule has 0 unspecified atom stereocenters. The molecule has 0 spiro atoms. The van der Waals surface area contributed by atoms with Gasteiger partial charge < -0.3 is 14.6 Å². The van der Waals surface area contributed by atoms with Crippen LogP contribution in [0.15, 0.2) is 57.4 Å². The molecule has 1 N–H and O–H groups in total. The van der Waals surface area contributed by atoms with Gasteiger partial charge in [0.25, 0.3) is 0 Å². The van der Waals surface area contributed by atoms with Crippen molar-refractivity contribution in [1.82, 2.24) is 5.32 Å². The molecule has 112 valence electrons. The number of fused-ring (bicyclic) bond motifs is 3. The second-order valence-electron chi connectivity index (χ2n) is 5.60. The van der Waals surface area contributed by atoms with E-state index in [1.165, 1.54) is 16.6 Å². The van der Waals surface area contributed by atoms with Gasteiger partial charge in [0.15, 0.2) is 0 Å². The summed E-state index contributed by atoms with van der Waals surface area (Å²) in [5, 5.41) is 4.63. The zero-order valence-corrected chi connectivity index (χ0v) is 13.8. The molecule has 1 aliphatic heterocycles. The van der Waals surface area contributed by atoms with E-state index < -0.39 is 0 Å². The van der Waals surface area contributed by atoms with Crippen LogP contribution in [0, 0.1) is 0 Å². The van der Waals surface area contributed by atoms with Crippen molar-refractivity contribution in [2.45, 2.75) is 13.1 Å². The molecule has 0 atom stereocenters. The normalized spacial score (nSPS) is 14.9. The average molecular weight is 357 g/mol. The van der Waals surface area contributed by atoms with E-state index in [4.69, 9.17) is 4.42 Å². The average Bonchev–Trinajstić information content (AvgIpc) is 2.77. The number of anilines is 1. The summed E-state index contributed by atoms with van der Waals surface area (Å²) in [5.41, 5.74) is 3.50. The SMILES string of the molecule is Brc1ccc2oc3c(c2c1)N(Cc1ccccc1)CCNC3. The number of nitrogens with zero attached hydrogens (tertiary/aromatic N) is 1. The Bertz CT molecular complexity index is 797. The molecule has 1 aromatic heterocycles. The fourth-order valence-corrected chi connectivity index (χ4v) is 3.42. The Morgan fingerprint density at radius 2 is 2.00 bits per heavy atom. The van der Waals surface area contributed by atoms with E-state index in [9.17, 15) is 0 Å². The van der Waals surface area contributed by atoms with Crippen molar-refractivity contribution in [3.05, 3.63) is 64.3 Å². The van der Waals surface area contributed by atoms with Gasteiger partial charge in [0.2, 0.25) is 0 Å². The van der Waals surface area contributed by atoms with Crippen molar-refractivity contribution in [3.8, 4) is 0 Å². The zero-order valence-electron chi connectivity index (χ0n) is 12.2. The van der Waals surface area contributed by atoms with Gasteiger partial charge in [-0.1, -0.05) is 46.3 Å². The maximum Gasteiger partial charge on any atom is 0.142 e. The summed E-state index contributed by atoms with van der Waals surface area (Å²) in [5.74, 6) is 1.03. The topological polar surface area (TPSA) is 28.4 Å². The molecule has 0 fully saturated rings. The molecule has 0 radical (unpaired) electrons. The predicted molar refractivity (Wildman–Crippen MR) is 93.1 cm³/mol. The maximum absolute atomic E-state index is 6.07. The molecule has 0 aliphatic carbocycles. The minimum Gasteiger partial charge on any atom is -0.457 e. The summed E-state index contributed by atoms with van der Waals surface area (Å²) in [7, 11) is 0.